The van der Waals surface area contributed by atoms with Crippen molar-refractivity contribution in [2.45, 2.75) is 45.3 Å². The van der Waals surface area contributed by atoms with Gasteiger partial charge in [-0.3, -0.25) is 19.2 Å². The van der Waals surface area contributed by atoms with Crippen molar-refractivity contribution in [2.24, 2.45) is 5.73 Å². The van der Waals surface area contributed by atoms with Crippen LogP contribution in [0.25, 0.3) is 10.9 Å². The maximum absolute atomic E-state index is 12.7. The first-order valence-electron chi connectivity index (χ1n) is 8.91. The quantitative estimate of drug-likeness (QED) is 0.423. The van der Waals surface area contributed by atoms with E-state index in [0.717, 1.165) is 16.5 Å². The number of amides is 4. The number of para-hydroxylation sites is 1. The molecule has 9 heteroatoms. The average Bonchev–Trinajstić information content (AvgIpc) is 3.03. The maximum Gasteiger partial charge on any atom is 0.243 e. The third-order valence-corrected chi connectivity index (χ3v) is 4.33. The second kappa shape index (κ2) is 9.03. The van der Waals surface area contributed by atoms with Gasteiger partial charge < -0.3 is 26.7 Å². The fourth-order valence-electron chi connectivity index (χ4n) is 2.76. The monoisotopic (exact) mass is 387 g/mol. The molecule has 0 aliphatic carbocycles. The van der Waals surface area contributed by atoms with Crippen molar-refractivity contribution in [3.63, 3.8) is 0 Å². The van der Waals surface area contributed by atoms with Crippen molar-refractivity contribution >= 4 is 34.5 Å². The van der Waals surface area contributed by atoms with E-state index in [9.17, 15) is 19.2 Å². The van der Waals surface area contributed by atoms with Gasteiger partial charge in [0.25, 0.3) is 0 Å². The highest BCUT2D eigenvalue weighted by atomic mass is 16.2. The zero-order valence-corrected chi connectivity index (χ0v) is 16.0. The van der Waals surface area contributed by atoms with Gasteiger partial charge in [-0.2, -0.15) is 0 Å². The van der Waals surface area contributed by atoms with Crippen LogP contribution in [0.15, 0.2) is 30.5 Å². The van der Waals surface area contributed by atoms with Crippen LogP contribution in [0, 0.1) is 0 Å². The van der Waals surface area contributed by atoms with Crippen LogP contribution in [0.3, 0.4) is 0 Å². The molecule has 0 aliphatic rings. The summed E-state index contributed by atoms with van der Waals surface area (Å²) in [5, 5.41) is 8.54. The fourth-order valence-corrected chi connectivity index (χ4v) is 2.76. The molecule has 2 aromatic rings. The minimum absolute atomic E-state index is 0.251. The minimum atomic E-state index is -0.909. The van der Waals surface area contributed by atoms with Gasteiger partial charge in [0.05, 0.1) is 0 Å². The Morgan fingerprint density at radius 1 is 1.00 bits per heavy atom. The van der Waals surface area contributed by atoms with E-state index in [1.54, 1.807) is 6.20 Å². The Hall–Kier alpha value is -3.36. The second-order valence-electron chi connectivity index (χ2n) is 6.68. The van der Waals surface area contributed by atoms with Gasteiger partial charge in [0.1, 0.15) is 18.1 Å². The molecule has 28 heavy (non-hydrogen) atoms. The number of carbonyl (C=O) groups is 4. The van der Waals surface area contributed by atoms with E-state index < -0.39 is 35.8 Å². The van der Waals surface area contributed by atoms with Gasteiger partial charge in [-0.05, 0) is 25.5 Å². The number of carbonyl (C=O) groups excluding carboxylic acids is 4. The van der Waals surface area contributed by atoms with E-state index in [4.69, 9.17) is 5.73 Å². The predicted molar refractivity (Wildman–Crippen MR) is 104 cm³/mol. The first kappa shape index (κ1) is 20.9. The van der Waals surface area contributed by atoms with Gasteiger partial charge in [0.2, 0.25) is 23.6 Å². The van der Waals surface area contributed by atoms with E-state index in [0.29, 0.717) is 0 Å². The Balaban J connectivity index is 2.09. The molecule has 0 spiro atoms. The minimum Gasteiger partial charge on any atom is -0.368 e. The highest BCUT2D eigenvalue weighted by Gasteiger charge is 2.25. The molecule has 0 saturated heterocycles. The van der Waals surface area contributed by atoms with Gasteiger partial charge in [0.15, 0.2) is 0 Å². The number of benzene rings is 1. The van der Waals surface area contributed by atoms with Crippen molar-refractivity contribution in [1.82, 2.24) is 20.9 Å². The summed E-state index contributed by atoms with van der Waals surface area (Å²) in [6, 6.07) is 5.00. The predicted octanol–water partition coefficient (Wildman–Crippen LogP) is -0.290. The lowest BCUT2D eigenvalue weighted by atomic mass is 10.0. The van der Waals surface area contributed by atoms with Crippen molar-refractivity contribution in [3.05, 3.63) is 36.0 Å². The third-order valence-electron chi connectivity index (χ3n) is 4.33. The molecule has 0 bridgehead atoms. The highest BCUT2D eigenvalue weighted by Crippen LogP contribution is 2.19. The molecule has 0 saturated carbocycles. The summed E-state index contributed by atoms with van der Waals surface area (Å²) in [6.07, 6.45) is 2.04. The molecule has 6 N–H and O–H groups in total. The second-order valence-corrected chi connectivity index (χ2v) is 6.68. The molecular formula is C19H25N5O4. The molecule has 0 unspecified atom stereocenters. The first-order chi connectivity index (χ1) is 13.2. The summed E-state index contributed by atoms with van der Waals surface area (Å²) in [5.74, 6) is -2.09. The number of H-pyrrole nitrogens is 1. The smallest absolute Gasteiger partial charge is 0.243 e. The molecule has 9 nitrogen and oxygen atoms in total. The molecule has 0 radical (unpaired) electrons. The number of nitrogens with two attached hydrogens (primary N) is 1. The van der Waals surface area contributed by atoms with Crippen LogP contribution in [0.1, 0.15) is 26.3 Å². The van der Waals surface area contributed by atoms with E-state index in [2.05, 4.69) is 20.9 Å². The molecule has 2 rings (SSSR count). The topological polar surface area (TPSA) is 146 Å². The number of fused-ring (bicyclic) bond motifs is 1. The molecule has 0 fully saturated rings. The molecule has 0 aliphatic heterocycles. The van der Waals surface area contributed by atoms with Crippen molar-refractivity contribution in [2.75, 3.05) is 0 Å². The van der Waals surface area contributed by atoms with Crippen LogP contribution in [0.4, 0.5) is 0 Å². The lowest BCUT2D eigenvalue weighted by molar-refractivity contribution is -0.132. The lowest BCUT2D eigenvalue weighted by Gasteiger charge is -2.21. The summed E-state index contributed by atoms with van der Waals surface area (Å²) in [4.78, 5) is 50.5. The number of aromatic amines is 1. The number of rotatable bonds is 8. The number of primary amides is 1. The summed E-state index contributed by atoms with van der Waals surface area (Å²) in [6.45, 7) is 4.25. The number of aromatic nitrogens is 1. The number of hydrogen-bond acceptors (Lipinski definition) is 4. The molecular weight excluding hydrogens is 362 g/mol. The summed E-state index contributed by atoms with van der Waals surface area (Å²) in [7, 11) is 0. The van der Waals surface area contributed by atoms with Crippen LogP contribution >= 0.6 is 0 Å². The molecule has 4 amide bonds. The highest BCUT2D eigenvalue weighted by molar-refractivity contribution is 5.94. The molecule has 1 heterocycles. The molecule has 3 atom stereocenters. The average molecular weight is 387 g/mol. The van der Waals surface area contributed by atoms with Gasteiger partial charge in [0, 0.05) is 30.4 Å². The van der Waals surface area contributed by atoms with Crippen LogP contribution in [-0.2, 0) is 25.6 Å². The first-order valence-corrected chi connectivity index (χ1v) is 8.91. The SMILES string of the molecule is CC(=O)N[C@@H](Cc1c[nH]c2ccccc12)C(=O)N[C@@H](C)C(=O)N[C@@H](C)C(N)=O. The Morgan fingerprint density at radius 3 is 2.29 bits per heavy atom. The van der Waals surface area contributed by atoms with Crippen molar-refractivity contribution < 1.29 is 19.2 Å². The van der Waals surface area contributed by atoms with Gasteiger partial charge in [-0.15, -0.1) is 0 Å². The Kier molecular flexibility index (Phi) is 6.75. The van der Waals surface area contributed by atoms with Crippen LogP contribution in [0.2, 0.25) is 0 Å². The zero-order valence-electron chi connectivity index (χ0n) is 16.0. The molecule has 1 aromatic carbocycles. The largest absolute Gasteiger partial charge is 0.368 e. The molecule has 150 valence electrons. The fraction of sp³-hybridized carbons (Fsp3) is 0.368. The third kappa shape index (κ3) is 5.32. The van der Waals surface area contributed by atoms with Crippen LogP contribution < -0.4 is 21.7 Å². The van der Waals surface area contributed by atoms with E-state index >= 15 is 0 Å². The summed E-state index contributed by atoms with van der Waals surface area (Å²) in [5.41, 5.74) is 6.91. The lowest BCUT2D eigenvalue weighted by Crippen LogP contribution is -2.55. The Morgan fingerprint density at radius 2 is 1.64 bits per heavy atom. The van der Waals surface area contributed by atoms with E-state index in [1.165, 1.54) is 20.8 Å². The summed E-state index contributed by atoms with van der Waals surface area (Å²) >= 11 is 0. The summed E-state index contributed by atoms with van der Waals surface area (Å²) < 4.78 is 0. The van der Waals surface area contributed by atoms with Gasteiger partial charge >= 0.3 is 0 Å². The van der Waals surface area contributed by atoms with Gasteiger partial charge in [-0.1, -0.05) is 18.2 Å². The van der Waals surface area contributed by atoms with Crippen LogP contribution in [-0.4, -0.2) is 46.7 Å². The van der Waals surface area contributed by atoms with Crippen molar-refractivity contribution in [1.29, 1.82) is 0 Å². The van der Waals surface area contributed by atoms with E-state index in [-0.39, 0.29) is 12.3 Å². The zero-order chi connectivity index (χ0) is 20.8. The Bertz CT molecular complexity index is 891. The van der Waals surface area contributed by atoms with Crippen molar-refractivity contribution in [3.8, 4) is 0 Å². The van der Waals surface area contributed by atoms with E-state index in [1.807, 2.05) is 24.3 Å². The standard InChI is InChI=1S/C19H25N5O4/c1-10(17(20)26)22-18(27)11(2)23-19(28)16(24-12(3)25)8-13-9-21-15-7-5-4-6-14(13)15/h4-7,9-11,16,21H,8H2,1-3H3,(H2,20,26)(H,22,27)(H,23,28)(H,24,25)/t10-,11-,16-/m0/s1. The number of hydrogen-bond donors (Lipinski definition) is 5. The Labute approximate surface area is 162 Å². The number of nitrogens with one attached hydrogen (secondary N) is 4. The maximum atomic E-state index is 12.7. The normalized spacial score (nSPS) is 14.0. The molecule has 1 aromatic heterocycles. The van der Waals surface area contributed by atoms with Gasteiger partial charge in [-0.25, -0.2) is 0 Å². The van der Waals surface area contributed by atoms with Crippen LogP contribution in [0.5, 0.6) is 0 Å².